The van der Waals surface area contributed by atoms with Crippen LogP contribution >= 0.6 is 0 Å². The van der Waals surface area contributed by atoms with Gasteiger partial charge >= 0.3 is 0 Å². The van der Waals surface area contributed by atoms with Crippen molar-refractivity contribution in [2.45, 2.75) is 45.6 Å². The molecular formula is C23H30N2O3. The molecule has 150 valence electrons. The number of aryl methyl sites for hydroxylation is 1. The number of carbonyl (C=O) groups is 1. The first-order chi connectivity index (χ1) is 13.6. The Balaban J connectivity index is 1.49. The van der Waals surface area contributed by atoms with Crippen LogP contribution in [0.5, 0.6) is 11.5 Å². The topological polar surface area (TPSA) is 50.8 Å². The van der Waals surface area contributed by atoms with E-state index in [0.717, 1.165) is 24.2 Å². The lowest BCUT2D eigenvalue weighted by Gasteiger charge is -2.24. The maximum absolute atomic E-state index is 11.0. The zero-order chi connectivity index (χ0) is 19.8. The van der Waals surface area contributed by atoms with Crippen LogP contribution in [0, 0.1) is 0 Å². The van der Waals surface area contributed by atoms with Crippen molar-refractivity contribution in [2.75, 3.05) is 19.7 Å². The smallest absolute Gasteiger partial charge is 0.249 e. The van der Waals surface area contributed by atoms with Crippen LogP contribution in [-0.2, 0) is 11.2 Å². The van der Waals surface area contributed by atoms with Gasteiger partial charge in [-0.2, -0.15) is 5.48 Å². The Hall–Kier alpha value is -2.53. The van der Waals surface area contributed by atoms with Crippen LogP contribution in [0.25, 0.3) is 0 Å². The monoisotopic (exact) mass is 382 g/mol. The highest BCUT2D eigenvalue weighted by molar-refractivity contribution is 5.71. The van der Waals surface area contributed by atoms with E-state index in [1.54, 1.807) is 0 Å². The normalized spacial score (nSPS) is 15.2. The lowest BCUT2D eigenvalue weighted by atomic mass is 10.1. The molecule has 1 saturated heterocycles. The van der Waals surface area contributed by atoms with Crippen molar-refractivity contribution >= 4 is 5.91 Å². The van der Waals surface area contributed by atoms with Gasteiger partial charge in [-0.1, -0.05) is 30.3 Å². The van der Waals surface area contributed by atoms with Gasteiger partial charge in [0, 0.05) is 13.0 Å². The molecule has 1 aliphatic heterocycles. The summed E-state index contributed by atoms with van der Waals surface area (Å²) >= 11 is 0. The van der Waals surface area contributed by atoms with E-state index >= 15 is 0 Å². The molecule has 1 atom stereocenters. The Morgan fingerprint density at radius 2 is 1.93 bits per heavy atom. The summed E-state index contributed by atoms with van der Waals surface area (Å²) in [5.41, 5.74) is 4.75. The number of para-hydroxylation sites is 1. The maximum atomic E-state index is 11.0. The molecule has 1 N–H and O–H groups in total. The summed E-state index contributed by atoms with van der Waals surface area (Å²) in [5.74, 6) is 1.38. The first kappa shape index (κ1) is 20.2. The highest BCUT2D eigenvalue weighted by atomic mass is 16.7. The third-order valence-corrected chi connectivity index (χ3v) is 5.17. The number of nitrogens with zero attached hydrogens (tertiary/aromatic N) is 1. The fraction of sp³-hybridized carbons (Fsp3) is 0.435. The number of carbonyl (C=O) groups excluding carboxylic acids is 1. The standard InChI is InChI=1S/C23H30N2O3/c1-18(25-14-5-6-15-25)21-10-7-12-22(17-21)27-16-8-11-20-9-3-4-13-23(20)28-24-19(2)26/h3-4,7,9-10,12-13,17-18H,5-6,8,11,14-16H2,1-2H3,(H,24,26). The van der Waals surface area contributed by atoms with E-state index in [0.29, 0.717) is 18.4 Å². The third kappa shape index (κ3) is 5.73. The van der Waals surface area contributed by atoms with E-state index < -0.39 is 0 Å². The molecule has 0 radical (unpaired) electrons. The summed E-state index contributed by atoms with van der Waals surface area (Å²) in [6.07, 6.45) is 4.29. The van der Waals surface area contributed by atoms with Crippen molar-refractivity contribution in [3.8, 4) is 11.5 Å². The van der Waals surface area contributed by atoms with Gasteiger partial charge in [0.15, 0.2) is 5.75 Å². The van der Waals surface area contributed by atoms with Crippen LogP contribution in [0.4, 0.5) is 0 Å². The minimum atomic E-state index is -0.221. The van der Waals surface area contributed by atoms with Crippen LogP contribution in [-0.4, -0.2) is 30.5 Å². The van der Waals surface area contributed by atoms with Gasteiger partial charge in [0.2, 0.25) is 5.91 Å². The fourth-order valence-corrected chi connectivity index (χ4v) is 3.59. The van der Waals surface area contributed by atoms with Crippen molar-refractivity contribution in [1.29, 1.82) is 0 Å². The number of hydrogen-bond donors (Lipinski definition) is 1. The van der Waals surface area contributed by atoms with Gasteiger partial charge in [-0.15, -0.1) is 0 Å². The molecule has 0 aromatic heterocycles. The number of hydrogen-bond acceptors (Lipinski definition) is 4. The van der Waals surface area contributed by atoms with E-state index in [2.05, 4.69) is 35.5 Å². The predicted molar refractivity (Wildman–Crippen MR) is 110 cm³/mol. The molecule has 28 heavy (non-hydrogen) atoms. The van der Waals surface area contributed by atoms with Gasteiger partial charge in [-0.25, -0.2) is 0 Å². The van der Waals surface area contributed by atoms with Crippen molar-refractivity contribution in [2.24, 2.45) is 0 Å². The number of benzene rings is 2. The van der Waals surface area contributed by atoms with Crippen molar-refractivity contribution < 1.29 is 14.4 Å². The minimum absolute atomic E-state index is 0.221. The molecule has 1 aliphatic rings. The molecule has 1 fully saturated rings. The molecule has 5 heteroatoms. The molecule has 1 amide bonds. The number of rotatable bonds is 9. The molecule has 1 unspecified atom stereocenters. The highest BCUT2D eigenvalue weighted by Gasteiger charge is 2.19. The molecule has 0 saturated carbocycles. The Labute approximate surface area is 167 Å². The molecule has 5 nitrogen and oxygen atoms in total. The SMILES string of the molecule is CC(=O)NOc1ccccc1CCCOc1cccc(C(C)N2CCCC2)c1. The predicted octanol–water partition coefficient (Wildman–Crippen LogP) is 4.28. The molecule has 0 bridgehead atoms. The van der Waals surface area contributed by atoms with Crippen molar-refractivity contribution in [3.05, 3.63) is 59.7 Å². The first-order valence-corrected chi connectivity index (χ1v) is 10.1. The number of nitrogens with one attached hydrogen (secondary N) is 1. The number of likely N-dealkylation sites (tertiary alicyclic amines) is 1. The van der Waals surface area contributed by atoms with E-state index in [4.69, 9.17) is 9.57 Å². The van der Waals surface area contributed by atoms with Gasteiger partial charge < -0.3 is 9.57 Å². The molecule has 0 aliphatic carbocycles. The Bertz CT molecular complexity index is 772. The van der Waals surface area contributed by atoms with Gasteiger partial charge in [0.25, 0.3) is 0 Å². The Morgan fingerprint density at radius 1 is 1.14 bits per heavy atom. The second-order valence-electron chi connectivity index (χ2n) is 7.31. The van der Waals surface area contributed by atoms with Gasteiger partial charge in [-0.3, -0.25) is 9.69 Å². The molecule has 1 heterocycles. The quantitative estimate of drug-likeness (QED) is 0.519. The van der Waals surface area contributed by atoms with Crippen LogP contribution < -0.4 is 15.1 Å². The van der Waals surface area contributed by atoms with Crippen LogP contribution in [0.15, 0.2) is 48.5 Å². The number of amides is 1. The fourth-order valence-electron chi connectivity index (χ4n) is 3.59. The molecular weight excluding hydrogens is 352 g/mol. The van der Waals surface area contributed by atoms with Crippen LogP contribution in [0.1, 0.15) is 50.3 Å². The highest BCUT2D eigenvalue weighted by Crippen LogP contribution is 2.27. The van der Waals surface area contributed by atoms with Crippen molar-refractivity contribution in [3.63, 3.8) is 0 Å². The van der Waals surface area contributed by atoms with E-state index in [1.165, 1.54) is 38.4 Å². The zero-order valence-electron chi connectivity index (χ0n) is 16.8. The summed E-state index contributed by atoms with van der Waals surface area (Å²) in [6.45, 7) is 6.71. The zero-order valence-corrected chi connectivity index (χ0v) is 16.8. The summed E-state index contributed by atoms with van der Waals surface area (Å²) in [7, 11) is 0. The average molecular weight is 383 g/mol. The second kappa shape index (κ2) is 10.1. The van der Waals surface area contributed by atoms with E-state index in [-0.39, 0.29) is 5.91 Å². The second-order valence-corrected chi connectivity index (χ2v) is 7.31. The Kier molecular flexibility index (Phi) is 7.31. The van der Waals surface area contributed by atoms with Gasteiger partial charge in [0.1, 0.15) is 5.75 Å². The average Bonchev–Trinajstić information content (AvgIpc) is 3.25. The molecule has 3 rings (SSSR count). The van der Waals surface area contributed by atoms with Crippen LogP contribution in [0.3, 0.4) is 0 Å². The summed E-state index contributed by atoms with van der Waals surface area (Å²) in [4.78, 5) is 18.9. The number of hydroxylamine groups is 1. The van der Waals surface area contributed by atoms with Gasteiger partial charge in [-0.05, 0) is 75.0 Å². The van der Waals surface area contributed by atoms with Gasteiger partial charge in [0.05, 0.1) is 6.61 Å². The maximum Gasteiger partial charge on any atom is 0.249 e. The largest absolute Gasteiger partial charge is 0.494 e. The molecule has 0 spiro atoms. The van der Waals surface area contributed by atoms with E-state index in [9.17, 15) is 4.79 Å². The van der Waals surface area contributed by atoms with Crippen LogP contribution in [0.2, 0.25) is 0 Å². The number of ether oxygens (including phenoxy) is 1. The summed E-state index contributed by atoms with van der Waals surface area (Å²) < 4.78 is 5.99. The minimum Gasteiger partial charge on any atom is -0.494 e. The van der Waals surface area contributed by atoms with E-state index in [1.807, 2.05) is 30.3 Å². The molecule has 2 aromatic rings. The summed E-state index contributed by atoms with van der Waals surface area (Å²) in [6, 6.07) is 16.6. The molecule has 2 aromatic carbocycles. The lowest BCUT2D eigenvalue weighted by Crippen LogP contribution is -2.24. The Morgan fingerprint density at radius 3 is 2.71 bits per heavy atom. The lowest BCUT2D eigenvalue weighted by molar-refractivity contribution is -0.125. The van der Waals surface area contributed by atoms with Crippen molar-refractivity contribution in [1.82, 2.24) is 10.4 Å². The third-order valence-electron chi connectivity index (χ3n) is 5.17. The first-order valence-electron chi connectivity index (χ1n) is 10.1. The summed E-state index contributed by atoms with van der Waals surface area (Å²) in [5, 5.41) is 0.